The number of halogens is 1. The molecule has 2 aliphatic heterocycles. The molecular weight excluding hydrogens is 654 g/mol. The first-order valence-electron chi connectivity index (χ1n) is 12.2. The van der Waals surface area contributed by atoms with Crippen LogP contribution in [0.2, 0.25) is 0 Å². The second-order valence-electron chi connectivity index (χ2n) is 9.40. The van der Waals surface area contributed by atoms with Gasteiger partial charge in [-0.25, -0.2) is 0 Å². The molecule has 200 valence electrons. The second-order valence-corrected chi connectivity index (χ2v) is 9.40. The molecule has 2 atom stereocenters. The molecule has 6 nitrogen and oxygen atoms in total. The van der Waals surface area contributed by atoms with Crippen molar-refractivity contribution < 1.29 is 51.4 Å². The summed E-state index contributed by atoms with van der Waals surface area (Å²) in [6, 6.07) is 7.97. The van der Waals surface area contributed by atoms with Gasteiger partial charge in [-0.15, -0.1) is 0 Å². The Balaban J connectivity index is 0.000000864. The van der Waals surface area contributed by atoms with Crippen LogP contribution < -0.4 is 12.4 Å². The Labute approximate surface area is 235 Å². The Morgan fingerprint density at radius 1 is 0.722 bits per heavy atom. The summed E-state index contributed by atoms with van der Waals surface area (Å²) in [5, 5.41) is 0. The van der Waals surface area contributed by atoms with E-state index >= 15 is 0 Å². The number of hydrogen-bond donors (Lipinski definition) is 0. The summed E-state index contributed by atoms with van der Waals surface area (Å²) in [5.41, 5.74) is 2.76. The maximum Gasteiger partial charge on any atom is 0.225 e. The van der Waals surface area contributed by atoms with Crippen LogP contribution in [0, 0.1) is 6.92 Å². The monoisotopic (exact) mass is 693 g/mol. The van der Waals surface area contributed by atoms with E-state index in [4.69, 9.17) is 0 Å². The average molecular weight is 692 g/mol. The molecule has 0 saturated carbocycles. The van der Waals surface area contributed by atoms with Crippen LogP contribution >= 0.6 is 0 Å². The number of aryl methyl sites for hydroxylation is 1. The van der Waals surface area contributed by atoms with E-state index in [1.54, 1.807) is 26.2 Å². The van der Waals surface area contributed by atoms with Crippen molar-refractivity contribution in [3.05, 3.63) is 59.9 Å². The Morgan fingerprint density at radius 3 is 1.47 bits per heavy atom. The zero-order chi connectivity index (χ0) is 25.3. The first-order chi connectivity index (χ1) is 16.1. The van der Waals surface area contributed by atoms with Gasteiger partial charge in [0.25, 0.3) is 0 Å². The maximum absolute atomic E-state index is 11.6. The van der Waals surface area contributed by atoms with Crippen molar-refractivity contribution in [2.24, 2.45) is 0 Å². The van der Waals surface area contributed by atoms with Crippen LogP contribution in [0.15, 0.2) is 48.8 Å². The summed E-state index contributed by atoms with van der Waals surface area (Å²) in [6.07, 6.45) is 10.00. The molecule has 0 aliphatic carbocycles. The topological polar surface area (TPSA) is 74.8 Å². The molecule has 0 saturated heterocycles. The van der Waals surface area contributed by atoms with Gasteiger partial charge in [0.2, 0.25) is 23.1 Å². The Bertz CT molecular complexity index is 891. The molecule has 1 aromatic rings. The minimum Gasteiger partial charge on any atom is -1.00 e. The molecular formula is C28H38ClN2O4Os-. The van der Waals surface area contributed by atoms with Crippen LogP contribution in [0.4, 0.5) is 0 Å². The third kappa shape index (κ3) is 10.1. The molecule has 2 heterocycles. The second kappa shape index (κ2) is 16.6. The fourth-order valence-electron chi connectivity index (χ4n) is 3.89. The van der Waals surface area contributed by atoms with Crippen LogP contribution in [-0.2, 0) is 39.0 Å². The molecule has 2 aliphatic rings. The number of benzene rings is 1. The van der Waals surface area contributed by atoms with Crippen molar-refractivity contribution in [3.8, 4) is 0 Å². The van der Waals surface area contributed by atoms with Gasteiger partial charge < -0.3 is 22.2 Å². The molecule has 0 aromatic heterocycles. The van der Waals surface area contributed by atoms with E-state index in [9.17, 15) is 19.2 Å². The molecule has 0 N–H and O–H groups in total. The van der Waals surface area contributed by atoms with Crippen molar-refractivity contribution in [3.63, 3.8) is 0 Å². The molecule has 1 aromatic carbocycles. The molecule has 8 heteroatoms. The number of allylic oxidation sites excluding steroid dienone is 2. The Morgan fingerprint density at radius 2 is 1.11 bits per heavy atom. The van der Waals surface area contributed by atoms with Crippen LogP contribution in [0.3, 0.4) is 0 Å². The predicted molar refractivity (Wildman–Crippen MR) is 134 cm³/mol. The maximum atomic E-state index is 11.6. The summed E-state index contributed by atoms with van der Waals surface area (Å²) in [7, 11) is 0. The molecule has 0 fully saturated rings. The van der Waals surface area contributed by atoms with Gasteiger partial charge in [0.1, 0.15) is 0 Å². The zero-order valence-corrected chi connectivity index (χ0v) is 25.1. The Kier molecular flexibility index (Phi) is 15.6. The first kappa shape index (κ1) is 33.9. The molecule has 3 rings (SSSR count). The van der Waals surface area contributed by atoms with E-state index in [0.29, 0.717) is 5.92 Å². The van der Waals surface area contributed by atoms with Gasteiger partial charge in [0.15, 0.2) is 0 Å². The van der Waals surface area contributed by atoms with E-state index < -0.39 is 11.6 Å². The van der Waals surface area contributed by atoms with Gasteiger partial charge in [-0.05, 0) is 45.1 Å². The summed E-state index contributed by atoms with van der Waals surface area (Å²) in [4.78, 5) is 49.6. The number of rotatable bonds is 8. The largest absolute Gasteiger partial charge is 1.00 e. The average Bonchev–Trinajstić information content (AvgIpc) is 2.81. The van der Waals surface area contributed by atoms with Gasteiger partial charge in [-0.1, -0.05) is 56.5 Å². The number of unbranched alkanes of at least 4 members (excludes halogenated alkanes) is 3. The van der Waals surface area contributed by atoms with Gasteiger partial charge in [-0.2, -0.15) is 0 Å². The fourth-order valence-corrected chi connectivity index (χ4v) is 3.89. The fraction of sp³-hybridized carbons (Fsp3) is 0.500. The Hall–Kier alpha value is -2.09. The molecule has 0 radical (unpaired) electrons. The number of carbonyl (C=O) groups excluding carboxylic acids is 4. The molecule has 2 unspecified atom stereocenters. The minimum absolute atomic E-state index is 0. The number of hydrogen-bond acceptors (Lipinski definition) is 6. The summed E-state index contributed by atoms with van der Waals surface area (Å²) < 4.78 is 0. The summed E-state index contributed by atoms with van der Waals surface area (Å²) >= 11 is 0. The van der Waals surface area contributed by atoms with Crippen molar-refractivity contribution in [2.75, 3.05) is 13.1 Å². The van der Waals surface area contributed by atoms with Crippen molar-refractivity contribution in [1.29, 1.82) is 0 Å². The third-order valence-electron chi connectivity index (χ3n) is 6.40. The first-order valence-corrected chi connectivity index (χ1v) is 12.2. The molecule has 0 amide bonds. The summed E-state index contributed by atoms with van der Waals surface area (Å²) in [5.74, 6) is -0.878. The van der Waals surface area contributed by atoms with Crippen molar-refractivity contribution in [2.45, 2.75) is 78.3 Å². The molecule has 36 heavy (non-hydrogen) atoms. The van der Waals surface area contributed by atoms with E-state index in [0.717, 1.165) is 38.8 Å². The summed E-state index contributed by atoms with van der Waals surface area (Å²) in [6.45, 7) is 11.6. The SMILES string of the molecule is CC1C(=O)C(=O)C=CN1CCCCCCN1C=CC(=O)C(=O)C1C.Cc1ccc(C(C)C)cc1.[Cl-].[Os]. The van der Waals surface area contributed by atoms with E-state index in [1.807, 2.05) is 9.80 Å². The van der Waals surface area contributed by atoms with Gasteiger partial charge in [0.05, 0.1) is 12.1 Å². The quantitative estimate of drug-likeness (QED) is 0.303. The molecule has 0 bridgehead atoms. The van der Waals surface area contributed by atoms with Gasteiger partial charge in [-0.3, -0.25) is 19.2 Å². The van der Waals surface area contributed by atoms with Crippen LogP contribution in [0.1, 0.15) is 70.4 Å². The van der Waals surface area contributed by atoms with E-state index in [2.05, 4.69) is 45.0 Å². The van der Waals surface area contributed by atoms with E-state index in [1.165, 1.54) is 23.3 Å². The number of nitrogens with zero attached hydrogens (tertiary/aromatic N) is 2. The van der Waals surface area contributed by atoms with Gasteiger partial charge >= 0.3 is 0 Å². The number of carbonyl (C=O) groups is 4. The van der Waals surface area contributed by atoms with Crippen molar-refractivity contribution in [1.82, 2.24) is 9.80 Å². The smallest absolute Gasteiger partial charge is 0.225 e. The molecule has 0 spiro atoms. The normalized spacial score (nSPS) is 19.1. The number of Topliss-reactive ketones (excluding diaryl/α,β-unsaturated/α-hetero) is 2. The predicted octanol–water partition coefficient (Wildman–Crippen LogP) is 1.38. The third-order valence-corrected chi connectivity index (χ3v) is 6.40. The number of ketones is 4. The van der Waals surface area contributed by atoms with Crippen molar-refractivity contribution >= 4 is 23.1 Å². The minimum atomic E-state index is -0.421. The standard InChI is InChI=1S/C18H24N2O4.C10H14.ClH.Os/c1-13-17(23)15(21)7-11-19(13)9-5-3-4-6-10-20-12-8-16(22)18(24)14(20)2;1-8(2)10-6-4-9(3)5-7-10;;/h7-8,11-14H,3-6,9-10H2,1-2H3;4-8H,1-3H3;1H;/p-1. The van der Waals surface area contributed by atoms with E-state index in [-0.39, 0.29) is 55.8 Å². The van der Waals surface area contributed by atoms with Crippen LogP contribution in [-0.4, -0.2) is 58.1 Å². The van der Waals surface area contributed by atoms with Crippen LogP contribution in [0.5, 0.6) is 0 Å². The van der Waals surface area contributed by atoms with Crippen LogP contribution in [0.25, 0.3) is 0 Å². The zero-order valence-electron chi connectivity index (χ0n) is 21.9. The van der Waals surface area contributed by atoms with Gasteiger partial charge in [0, 0.05) is 57.4 Å².